The molecule has 0 bridgehead atoms. The molecule has 0 atom stereocenters. The van der Waals surface area contributed by atoms with Gasteiger partial charge >= 0.3 is 0 Å². The second-order valence-corrected chi connectivity index (χ2v) is 4.36. The average molecular weight is 217 g/mol. The van der Waals surface area contributed by atoms with Crippen LogP contribution in [0.3, 0.4) is 0 Å². The van der Waals surface area contributed by atoms with E-state index in [4.69, 9.17) is 5.26 Å². The van der Waals surface area contributed by atoms with E-state index in [1.807, 2.05) is 26.0 Å². The van der Waals surface area contributed by atoms with Gasteiger partial charge in [0.1, 0.15) is 11.2 Å². The van der Waals surface area contributed by atoms with Crippen molar-refractivity contribution in [2.45, 2.75) is 27.7 Å². The number of carbonyl (C=O) groups excluding carboxylic acids is 1. The number of rotatable bonds is 2. The number of aryl methyl sites for hydroxylation is 2. The lowest BCUT2D eigenvalue weighted by Crippen LogP contribution is -2.29. The van der Waals surface area contributed by atoms with E-state index < -0.39 is 5.41 Å². The topological polar surface area (TPSA) is 65.8 Å². The summed E-state index contributed by atoms with van der Waals surface area (Å²) in [6, 6.07) is 5.65. The van der Waals surface area contributed by atoms with Crippen LogP contribution in [0, 0.1) is 30.6 Å². The molecule has 0 unspecified atom stereocenters. The lowest BCUT2D eigenvalue weighted by atomic mass is 9.95. The molecule has 84 valence electrons. The predicted molar refractivity (Wildman–Crippen MR) is 61.7 cm³/mol. The van der Waals surface area contributed by atoms with Gasteiger partial charge in [0.25, 0.3) is 0 Å². The van der Waals surface area contributed by atoms with Crippen molar-refractivity contribution in [3.63, 3.8) is 0 Å². The second kappa shape index (κ2) is 4.31. The predicted octanol–water partition coefficient (Wildman–Crippen LogP) is 2.19. The normalized spacial score (nSPS) is 10.7. The number of nitriles is 1. The van der Waals surface area contributed by atoms with Gasteiger partial charge in [0.2, 0.25) is 5.91 Å². The van der Waals surface area contributed by atoms with E-state index in [1.54, 1.807) is 19.9 Å². The first-order chi connectivity index (χ1) is 7.35. The lowest BCUT2D eigenvalue weighted by molar-refractivity contribution is -0.121. The van der Waals surface area contributed by atoms with Crippen LogP contribution in [0.2, 0.25) is 0 Å². The Bertz CT molecular complexity index is 438. The van der Waals surface area contributed by atoms with Gasteiger partial charge in [-0.1, -0.05) is 0 Å². The minimum Gasteiger partial charge on any atom is -0.309 e. The van der Waals surface area contributed by atoms with E-state index >= 15 is 0 Å². The Morgan fingerprint density at radius 1 is 1.44 bits per heavy atom. The van der Waals surface area contributed by atoms with Crippen LogP contribution in [-0.2, 0) is 4.79 Å². The highest BCUT2D eigenvalue weighted by Crippen LogP contribution is 2.17. The molecule has 0 fully saturated rings. The van der Waals surface area contributed by atoms with Crippen LogP contribution < -0.4 is 5.32 Å². The molecule has 1 N–H and O–H groups in total. The molecule has 4 heteroatoms. The zero-order valence-electron chi connectivity index (χ0n) is 9.96. The summed E-state index contributed by atoms with van der Waals surface area (Å²) in [5.74, 6) is 0.151. The van der Waals surface area contributed by atoms with Gasteiger partial charge < -0.3 is 5.32 Å². The number of carbonyl (C=O) groups is 1. The number of hydrogen-bond donors (Lipinski definition) is 1. The summed E-state index contributed by atoms with van der Waals surface area (Å²) in [5, 5.41) is 11.5. The van der Waals surface area contributed by atoms with Crippen molar-refractivity contribution < 1.29 is 4.79 Å². The van der Waals surface area contributed by atoms with E-state index in [0.717, 1.165) is 11.3 Å². The van der Waals surface area contributed by atoms with Crippen molar-refractivity contribution in [3.8, 4) is 6.07 Å². The maximum atomic E-state index is 11.7. The summed E-state index contributed by atoms with van der Waals surface area (Å²) in [6.07, 6.45) is 0. The van der Waals surface area contributed by atoms with Crippen molar-refractivity contribution in [2.24, 2.45) is 5.41 Å². The Hall–Kier alpha value is -1.89. The first-order valence-electron chi connectivity index (χ1n) is 5.03. The molecule has 4 nitrogen and oxygen atoms in total. The fraction of sp³-hybridized carbons (Fsp3) is 0.417. The summed E-state index contributed by atoms with van der Waals surface area (Å²) in [4.78, 5) is 15.9. The zero-order chi connectivity index (χ0) is 12.3. The van der Waals surface area contributed by atoms with Crippen LogP contribution in [0.5, 0.6) is 0 Å². The van der Waals surface area contributed by atoms with Gasteiger partial charge in [-0.25, -0.2) is 4.98 Å². The maximum absolute atomic E-state index is 11.7. The molecule has 1 aromatic heterocycles. The third-order valence-corrected chi connectivity index (χ3v) is 2.19. The van der Waals surface area contributed by atoms with E-state index in [9.17, 15) is 4.79 Å². The molecular formula is C12H15N3O. The molecule has 0 aliphatic carbocycles. The van der Waals surface area contributed by atoms with Crippen LogP contribution in [0.4, 0.5) is 5.82 Å². The number of aromatic nitrogens is 1. The molecule has 0 saturated heterocycles. The molecule has 1 heterocycles. The first-order valence-corrected chi connectivity index (χ1v) is 5.03. The Morgan fingerprint density at radius 2 is 2.06 bits per heavy atom. The minimum absolute atomic E-state index is 0.340. The Labute approximate surface area is 95.3 Å². The summed E-state index contributed by atoms with van der Waals surface area (Å²) in [5.41, 5.74) is 0.821. The van der Waals surface area contributed by atoms with Gasteiger partial charge in [-0.15, -0.1) is 0 Å². The van der Waals surface area contributed by atoms with Gasteiger partial charge in [0.15, 0.2) is 0 Å². The van der Waals surface area contributed by atoms with Crippen LogP contribution in [-0.4, -0.2) is 10.9 Å². The van der Waals surface area contributed by atoms with Gasteiger partial charge in [-0.2, -0.15) is 5.26 Å². The highest BCUT2D eigenvalue weighted by atomic mass is 16.2. The molecular weight excluding hydrogens is 202 g/mol. The number of nitrogens with one attached hydrogen (secondary N) is 1. The zero-order valence-corrected chi connectivity index (χ0v) is 9.96. The Kier molecular flexibility index (Phi) is 3.28. The molecule has 0 spiro atoms. The Balaban J connectivity index is 2.90. The molecule has 1 rings (SSSR count). The van der Waals surface area contributed by atoms with E-state index in [0.29, 0.717) is 5.82 Å². The smallest absolute Gasteiger partial charge is 0.245 e. The molecule has 1 amide bonds. The molecule has 1 aromatic rings. The molecule has 0 aliphatic heterocycles. The molecule has 0 radical (unpaired) electrons. The van der Waals surface area contributed by atoms with Crippen molar-refractivity contribution in [1.29, 1.82) is 5.26 Å². The van der Waals surface area contributed by atoms with E-state index in [-0.39, 0.29) is 5.91 Å². The standard InChI is InChI=1S/C12H15N3O/c1-8-5-9(2)14-10(6-8)15-11(16)12(3,4)7-13/h5-6H,1-4H3,(H,14,15,16). The van der Waals surface area contributed by atoms with Crippen molar-refractivity contribution in [1.82, 2.24) is 4.98 Å². The average Bonchev–Trinajstić information content (AvgIpc) is 2.15. The first kappa shape index (κ1) is 12.2. The third kappa shape index (κ3) is 2.80. The van der Waals surface area contributed by atoms with Crippen LogP contribution in [0.15, 0.2) is 12.1 Å². The quantitative estimate of drug-likeness (QED) is 0.825. The van der Waals surface area contributed by atoms with Crippen LogP contribution in [0.1, 0.15) is 25.1 Å². The summed E-state index contributed by atoms with van der Waals surface area (Å²) in [7, 11) is 0. The fourth-order valence-electron chi connectivity index (χ4n) is 1.23. The molecule has 16 heavy (non-hydrogen) atoms. The van der Waals surface area contributed by atoms with Crippen molar-refractivity contribution in [3.05, 3.63) is 23.4 Å². The van der Waals surface area contributed by atoms with Gasteiger partial charge in [0, 0.05) is 5.69 Å². The third-order valence-electron chi connectivity index (χ3n) is 2.19. The summed E-state index contributed by atoms with van der Waals surface area (Å²) < 4.78 is 0. The summed E-state index contributed by atoms with van der Waals surface area (Å²) in [6.45, 7) is 6.94. The highest BCUT2D eigenvalue weighted by Gasteiger charge is 2.27. The number of pyridine rings is 1. The number of hydrogen-bond acceptors (Lipinski definition) is 3. The second-order valence-electron chi connectivity index (χ2n) is 4.36. The highest BCUT2D eigenvalue weighted by molar-refractivity contribution is 5.95. The Morgan fingerprint density at radius 3 is 2.56 bits per heavy atom. The number of amides is 1. The number of anilines is 1. The fourth-order valence-corrected chi connectivity index (χ4v) is 1.23. The minimum atomic E-state index is -1.04. The lowest BCUT2D eigenvalue weighted by Gasteiger charge is -2.14. The van der Waals surface area contributed by atoms with Gasteiger partial charge in [-0.3, -0.25) is 4.79 Å². The number of nitrogens with zero attached hydrogens (tertiary/aromatic N) is 2. The van der Waals surface area contributed by atoms with Crippen molar-refractivity contribution in [2.75, 3.05) is 5.32 Å². The van der Waals surface area contributed by atoms with E-state index in [1.165, 1.54) is 0 Å². The van der Waals surface area contributed by atoms with Crippen molar-refractivity contribution >= 4 is 11.7 Å². The van der Waals surface area contributed by atoms with Gasteiger partial charge in [-0.05, 0) is 45.4 Å². The van der Waals surface area contributed by atoms with E-state index in [2.05, 4.69) is 10.3 Å². The largest absolute Gasteiger partial charge is 0.309 e. The summed E-state index contributed by atoms with van der Waals surface area (Å²) >= 11 is 0. The molecule has 0 saturated carbocycles. The molecule has 0 aromatic carbocycles. The molecule has 0 aliphatic rings. The SMILES string of the molecule is Cc1cc(C)nc(NC(=O)C(C)(C)C#N)c1. The monoisotopic (exact) mass is 217 g/mol. The van der Waals surface area contributed by atoms with Crippen LogP contribution >= 0.6 is 0 Å². The van der Waals surface area contributed by atoms with Gasteiger partial charge in [0.05, 0.1) is 6.07 Å². The maximum Gasteiger partial charge on any atom is 0.245 e. The van der Waals surface area contributed by atoms with Crippen LogP contribution in [0.25, 0.3) is 0 Å².